The summed E-state index contributed by atoms with van der Waals surface area (Å²) in [5, 5.41) is 2.98. The SMILES string of the molecule is Cc1ccc([C@H]2[C@H](C(=O)NC(C)C)CCC(=O)N2C)cc1. The third-order valence-electron chi connectivity index (χ3n) is 4.05. The highest BCUT2D eigenvalue weighted by molar-refractivity contribution is 5.85. The summed E-state index contributed by atoms with van der Waals surface area (Å²) in [6, 6.07) is 8.03. The van der Waals surface area contributed by atoms with Crippen molar-refractivity contribution in [1.82, 2.24) is 10.2 Å². The van der Waals surface area contributed by atoms with E-state index in [1.54, 1.807) is 11.9 Å². The molecular formula is C17H24N2O2. The van der Waals surface area contributed by atoms with E-state index >= 15 is 0 Å². The van der Waals surface area contributed by atoms with Crippen LogP contribution in [0, 0.1) is 12.8 Å². The molecule has 1 aliphatic rings. The standard InChI is InChI=1S/C17H24N2O2/c1-11(2)18-17(21)14-9-10-15(20)19(4)16(14)13-7-5-12(3)6-8-13/h5-8,11,14,16H,9-10H2,1-4H3,(H,18,21)/t14-,16+/m1/s1. The zero-order valence-electron chi connectivity index (χ0n) is 13.2. The van der Waals surface area contributed by atoms with Crippen molar-refractivity contribution < 1.29 is 9.59 Å². The van der Waals surface area contributed by atoms with E-state index in [9.17, 15) is 9.59 Å². The van der Waals surface area contributed by atoms with Gasteiger partial charge in [0.05, 0.1) is 12.0 Å². The summed E-state index contributed by atoms with van der Waals surface area (Å²) in [7, 11) is 1.79. The molecule has 0 unspecified atom stereocenters. The second-order valence-electron chi connectivity index (χ2n) is 6.17. The molecule has 0 aromatic heterocycles. The van der Waals surface area contributed by atoms with Crippen LogP contribution in [0.15, 0.2) is 24.3 Å². The van der Waals surface area contributed by atoms with E-state index in [-0.39, 0.29) is 29.8 Å². The molecular weight excluding hydrogens is 264 g/mol. The van der Waals surface area contributed by atoms with Gasteiger partial charge in [-0.3, -0.25) is 9.59 Å². The third-order valence-corrected chi connectivity index (χ3v) is 4.05. The minimum atomic E-state index is -0.183. The molecule has 1 saturated heterocycles. The van der Waals surface area contributed by atoms with E-state index in [4.69, 9.17) is 0 Å². The summed E-state index contributed by atoms with van der Waals surface area (Å²) in [6.07, 6.45) is 1.05. The zero-order valence-corrected chi connectivity index (χ0v) is 13.2. The highest BCUT2D eigenvalue weighted by Gasteiger charge is 2.38. The molecule has 114 valence electrons. The number of hydrogen-bond donors (Lipinski definition) is 1. The Hall–Kier alpha value is -1.84. The Labute approximate surface area is 126 Å². The fourth-order valence-corrected chi connectivity index (χ4v) is 2.92. The Morgan fingerprint density at radius 3 is 2.48 bits per heavy atom. The first-order valence-electron chi connectivity index (χ1n) is 7.52. The Morgan fingerprint density at radius 2 is 1.90 bits per heavy atom. The highest BCUT2D eigenvalue weighted by Crippen LogP contribution is 2.36. The van der Waals surface area contributed by atoms with Gasteiger partial charge in [-0.25, -0.2) is 0 Å². The molecule has 1 fully saturated rings. The zero-order chi connectivity index (χ0) is 15.6. The lowest BCUT2D eigenvalue weighted by Gasteiger charge is -2.38. The van der Waals surface area contributed by atoms with Gasteiger partial charge >= 0.3 is 0 Å². The number of aryl methyl sites for hydroxylation is 1. The molecule has 4 heteroatoms. The average molecular weight is 288 g/mol. The number of carbonyl (C=O) groups is 2. The van der Waals surface area contributed by atoms with Crippen molar-refractivity contribution in [2.24, 2.45) is 5.92 Å². The predicted octanol–water partition coefficient (Wildman–Crippen LogP) is 2.43. The van der Waals surface area contributed by atoms with Gasteiger partial charge in [0.15, 0.2) is 0 Å². The van der Waals surface area contributed by atoms with Crippen molar-refractivity contribution in [1.29, 1.82) is 0 Å². The summed E-state index contributed by atoms with van der Waals surface area (Å²) in [6.45, 7) is 5.94. The Morgan fingerprint density at radius 1 is 1.29 bits per heavy atom. The van der Waals surface area contributed by atoms with Crippen LogP contribution in [0.2, 0.25) is 0 Å². The molecule has 1 aromatic carbocycles. The van der Waals surface area contributed by atoms with Crippen molar-refractivity contribution in [3.8, 4) is 0 Å². The van der Waals surface area contributed by atoms with Crippen LogP contribution in [0.4, 0.5) is 0 Å². The maximum Gasteiger partial charge on any atom is 0.225 e. The molecule has 0 spiro atoms. The van der Waals surface area contributed by atoms with Crippen LogP contribution in [0.1, 0.15) is 43.9 Å². The van der Waals surface area contributed by atoms with Crippen LogP contribution in [0.25, 0.3) is 0 Å². The number of amides is 2. The third kappa shape index (κ3) is 3.43. The first-order valence-corrected chi connectivity index (χ1v) is 7.52. The maximum absolute atomic E-state index is 12.5. The molecule has 2 atom stereocenters. The number of nitrogens with zero attached hydrogens (tertiary/aromatic N) is 1. The summed E-state index contributed by atoms with van der Waals surface area (Å²) >= 11 is 0. The molecule has 0 saturated carbocycles. The molecule has 4 nitrogen and oxygen atoms in total. The first kappa shape index (κ1) is 15.5. The Bertz CT molecular complexity index is 522. The summed E-state index contributed by atoms with van der Waals surface area (Å²) in [5.74, 6) is -0.0399. The van der Waals surface area contributed by atoms with Crippen LogP contribution in [0.5, 0.6) is 0 Å². The lowest BCUT2D eigenvalue weighted by molar-refractivity contribution is -0.141. The van der Waals surface area contributed by atoms with E-state index in [2.05, 4.69) is 5.32 Å². The monoisotopic (exact) mass is 288 g/mol. The van der Waals surface area contributed by atoms with Gasteiger partial charge in [-0.15, -0.1) is 0 Å². The van der Waals surface area contributed by atoms with Crippen LogP contribution in [-0.2, 0) is 9.59 Å². The van der Waals surface area contributed by atoms with Gasteiger partial charge in [0.2, 0.25) is 11.8 Å². The number of likely N-dealkylation sites (tertiary alicyclic amines) is 1. The molecule has 0 radical (unpaired) electrons. The minimum absolute atomic E-state index is 0.0370. The van der Waals surface area contributed by atoms with Gasteiger partial charge in [-0.05, 0) is 32.8 Å². The second-order valence-corrected chi connectivity index (χ2v) is 6.17. The largest absolute Gasteiger partial charge is 0.354 e. The van der Waals surface area contributed by atoms with Crippen molar-refractivity contribution >= 4 is 11.8 Å². The number of benzene rings is 1. The number of carbonyl (C=O) groups excluding carboxylic acids is 2. The van der Waals surface area contributed by atoms with Crippen molar-refractivity contribution in [3.63, 3.8) is 0 Å². The van der Waals surface area contributed by atoms with Gasteiger partial charge in [-0.1, -0.05) is 29.8 Å². The molecule has 1 aromatic rings. The average Bonchev–Trinajstić information content (AvgIpc) is 2.42. The van der Waals surface area contributed by atoms with Crippen LogP contribution < -0.4 is 5.32 Å². The first-order chi connectivity index (χ1) is 9.90. The summed E-state index contributed by atoms with van der Waals surface area (Å²) in [4.78, 5) is 26.2. The van der Waals surface area contributed by atoms with E-state index in [1.807, 2.05) is 45.0 Å². The fourth-order valence-electron chi connectivity index (χ4n) is 2.92. The smallest absolute Gasteiger partial charge is 0.225 e. The quantitative estimate of drug-likeness (QED) is 0.928. The predicted molar refractivity (Wildman–Crippen MR) is 82.7 cm³/mol. The van der Waals surface area contributed by atoms with E-state index in [1.165, 1.54) is 5.56 Å². The maximum atomic E-state index is 12.5. The van der Waals surface area contributed by atoms with Crippen molar-refractivity contribution in [3.05, 3.63) is 35.4 Å². The number of piperidine rings is 1. The Balaban J connectivity index is 2.31. The van der Waals surface area contributed by atoms with Crippen molar-refractivity contribution in [2.45, 2.75) is 45.7 Å². The highest BCUT2D eigenvalue weighted by atomic mass is 16.2. The van der Waals surface area contributed by atoms with Gasteiger partial charge < -0.3 is 10.2 Å². The number of rotatable bonds is 3. The van der Waals surface area contributed by atoms with E-state index in [0.29, 0.717) is 12.8 Å². The Kier molecular flexibility index (Phi) is 4.66. The van der Waals surface area contributed by atoms with Crippen LogP contribution >= 0.6 is 0 Å². The molecule has 1 aliphatic heterocycles. The topological polar surface area (TPSA) is 49.4 Å². The normalized spacial score (nSPS) is 22.5. The molecule has 21 heavy (non-hydrogen) atoms. The second kappa shape index (κ2) is 6.29. The fraction of sp³-hybridized carbons (Fsp3) is 0.529. The van der Waals surface area contributed by atoms with Gasteiger partial charge in [-0.2, -0.15) is 0 Å². The molecule has 2 amide bonds. The minimum Gasteiger partial charge on any atom is -0.354 e. The van der Waals surface area contributed by atoms with Crippen molar-refractivity contribution in [2.75, 3.05) is 7.05 Å². The van der Waals surface area contributed by atoms with Gasteiger partial charge in [0, 0.05) is 19.5 Å². The number of nitrogens with one attached hydrogen (secondary N) is 1. The van der Waals surface area contributed by atoms with Gasteiger partial charge in [0.1, 0.15) is 0 Å². The number of hydrogen-bond acceptors (Lipinski definition) is 2. The van der Waals surface area contributed by atoms with E-state index < -0.39 is 0 Å². The summed E-state index contributed by atoms with van der Waals surface area (Å²) < 4.78 is 0. The molecule has 1 N–H and O–H groups in total. The molecule has 0 aliphatic carbocycles. The molecule has 2 rings (SSSR count). The van der Waals surface area contributed by atoms with Gasteiger partial charge in [0.25, 0.3) is 0 Å². The van der Waals surface area contributed by atoms with Crippen LogP contribution in [-0.4, -0.2) is 29.8 Å². The molecule has 0 bridgehead atoms. The molecule has 1 heterocycles. The lowest BCUT2D eigenvalue weighted by atomic mass is 9.83. The van der Waals surface area contributed by atoms with Crippen LogP contribution in [0.3, 0.4) is 0 Å². The van der Waals surface area contributed by atoms with E-state index in [0.717, 1.165) is 5.56 Å². The lowest BCUT2D eigenvalue weighted by Crippen LogP contribution is -2.47. The summed E-state index contributed by atoms with van der Waals surface area (Å²) in [5.41, 5.74) is 2.20.